The first-order valence-electron chi connectivity index (χ1n) is 7.55. The van der Waals surface area contributed by atoms with Gasteiger partial charge in [-0.1, -0.05) is 0 Å². The van der Waals surface area contributed by atoms with Gasteiger partial charge in [-0.2, -0.15) is 17.7 Å². The standard InChI is InChI=1S/C14H14F3N7/c15-14(16,17)10-6-18-13(20-10)9-2-1-5-23(7-9)12-4-3-11-21-19-8-24(11)22-12/h3-4,6,8-9H,1-2,5,7H2,(H,18,20)/t9-/m1/s1. The number of alkyl halides is 3. The van der Waals surface area contributed by atoms with E-state index in [0.717, 1.165) is 31.4 Å². The lowest BCUT2D eigenvalue weighted by Crippen LogP contribution is -2.35. The highest BCUT2D eigenvalue weighted by Gasteiger charge is 2.34. The molecule has 4 heterocycles. The predicted octanol–water partition coefficient (Wildman–Crippen LogP) is 2.25. The molecule has 3 aromatic heterocycles. The van der Waals surface area contributed by atoms with Crippen LogP contribution < -0.4 is 4.90 Å². The zero-order chi connectivity index (χ0) is 16.7. The van der Waals surface area contributed by atoms with Crippen molar-refractivity contribution in [1.82, 2.24) is 29.8 Å². The molecule has 126 valence electrons. The minimum absolute atomic E-state index is 0.0896. The molecule has 0 radical (unpaired) electrons. The molecule has 4 rings (SSSR count). The molecular formula is C14H14F3N7. The van der Waals surface area contributed by atoms with Gasteiger partial charge in [0.1, 0.15) is 23.7 Å². The van der Waals surface area contributed by atoms with E-state index in [1.54, 1.807) is 4.52 Å². The number of aromatic nitrogens is 6. The van der Waals surface area contributed by atoms with E-state index in [9.17, 15) is 13.2 Å². The lowest BCUT2D eigenvalue weighted by Gasteiger charge is -2.32. The molecule has 0 spiro atoms. The molecule has 1 aliphatic rings. The highest BCUT2D eigenvalue weighted by atomic mass is 19.4. The molecule has 0 amide bonds. The Morgan fingerprint density at radius 2 is 2.12 bits per heavy atom. The normalized spacial score (nSPS) is 19.1. The van der Waals surface area contributed by atoms with Crippen LogP contribution in [0.2, 0.25) is 0 Å². The van der Waals surface area contributed by atoms with E-state index >= 15 is 0 Å². The molecular weight excluding hydrogens is 323 g/mol. The van der Waals surface area contributed by atoms with Crippen LogP contribution in [-0.4, -0.2) is 42.9 Å². The maximum absolute atomic E-state index is 12.7. The lowest BCUT2D eigenvalue weighted by atomic mass is 9.97. The molecule has 0 bridgehead atoms. The number of fused-ring (bicyclic) bond motifs is 1. The maximum atomic E-state index is 12.7. The number of H-pyrrole nitrogens is 1. The largest absolute Gasteiger partial charge is 0.432 e. The molecule has 1 fully saturated rings. The zero-order valence-electron chi connectivity index (χ0n) is 12.5. The van der Waals surface area contributed by atoms with Crippen molar-refractivity contribution in [3.63, 3.8) is 0 Å². The van der Waals surface area contributed by atoms with Gasteiger partial charge in [0.05, 0.1) is 6.20 Å². The van der Waals surface area contributed by atoms with Gasteiger partial charge in [-0.25, -0.2) is 4.98 Å². The summed E-state index contributed by atoms with van der Waals surface area (Å²) in [5, 5.41) is 12.1. The summed E-state index contributed by atoms with van der Waals surface area (Å²) in [5.41, 5.74) is -0.160. The van der Waals surface area contributed by atoms with Crippen molar-refractivity contribution in [1.29, 1.82) is 0 Å². The van der Waals surface area contributed by atoms with Gasteiger partial charge in [0.15, 0.2) is 5.65 Å². The first-order chi connectivity index (χ1) is 11.5. The van der Waals surface area contributed by atoms with Crippen molar-refractivity contribution in [2.24, 2.45) is 0 Å². The van der Waals surface area contributed by atoms with E-state index in [0.29, 0.717) is 18.0 Å². The van der Waals surface area contributed by atoms with E-state index in [4.69, 9.17) is 0 Å². The number of halogens is 3. The van der Waals surface area contributed by atoms with Gasteiger partial charge in [0, 0.05) is 19.0 Å². The Kier molecular flexibility index (Phi) is 3.39. The van der Waals surface area contributed by atoms with Crippen molar-refractivity contribution in [3.05, 3.63) is 36.2 Å². The summed E-state index contributed by atoms with van der Waals surface area (Å²) < 4.78 is 39.7. The van der Waals surface area contributed by atoms with Crippen molar-refractivity contribution in [2.45, 2.75) is 24.9 Å². The second kappa shape index (κ2) is 5.46. The zero-order valence-corrected chi connectivity index (χ0v) is 12.5. The fraction of sp³-hybridized carbons (Fsp3) is 0.429. The minimum Gasteiger partial charge on any atom is -0.354 e. The quantitative estimate of drug-likeness (QED) is 0.776. The number of nitrogens with one attached hydrogen (secondary N) is 1. The second-order valence-corrected chi connectivity index (χ2v) is 5.79. The average Bonchev–Trinajstić information content (AvgIpc) is 3.23. The summed E-state index contributed by atoms with van der Waals surface area (Å²) in [6.07, 6.45) is -0.385. The van der Waals surface area contributed by atoms with E-state index in [-0.39, 0.29) is 5.92 Å². The predicted molar refractivity (Wildman–Crippen MR) is 78.6 cm³/mol. The van der Waals surface area contributed by atoms with Gasteiger partial charge in [-0.15, -0.1) is 15.3 Å². The summed E-state index contributed by atoms with van der Waals surface area (Å²) in [5.74, 6) is 1.03. The number of rotatable bonds is 2. The van der Waals surface area contributed by atoms with Gasteiger partial charge >= 0.3 is 6.18 Å². The van der Waals surface area contributed by atoms with Gasteiger partial charge in [0.25, 0.3) is 0 Å². The highest BCUT2D eigenvalue weighted by Crippen LogP contribution is 2.31. The SMILES string of the molecule is FC(F)(F)c1cnc([C@@H]2CCCN(c3ccc4nncn4n3)C2)[nH]1. The van der Waals surface area contributed by atoms with E-state index < -0.39 is 11.9 Å². The molecule has 1 atom stereocenters. The molecule has 0 aliphatic carbocycles. The first-order valence-corrected chi connectivity index (χ1v) is 7.55. The van der Waals surface area contributed by atoms with E-state index in [1.807, 2.05) is 17.0 Å². The monoisotopic (exact) mass is 337 g/mol. The molecule has 3 aromatic rings. The minimum atomic E-state index is -4.40. The van der Waals surface area contributed by atoms with Crippen molar-refractivity contribution in [2.75, 3.05) is 18.0 Å². The average molecular weight is 337 g/mol. The van der Waals surface area contributed by atoms with Gasteiger partial charge in [0.2, 0.25) is 0 Å². The van der Waals surface area contributed by atoms with Crippen LogP contribution in [0.3, 0.4) is 0 Å². The molecule has 0 saturated carbocycles. The molecule has 10 heteroatoms. The summed E-state index contributed by atoms with van der Waals surface area (Å²) >= 11 is 0. The van der Waals surface area contributed by atoms with Gasteiger partial charge in [-0.05, 0) is 25.0 Å². The summed E-state index contributed by atoms with van der Waals surface area (Å²) in [6, 6.07) is 3.66. The topological polar surface area (TPSA) is 75.0 Å². The van der Waals surface area contributed by atoms with Gasteiger partial charge < -0.3 is 9.88 Å². The van der Waals surface area contributed by atoms with Crippen LogP contribution in [0, 0.1) is 0 Å². The third kappa shape index (κ3) is 2.68. The van der Waals surface area contributed by atoms with Crippen molar-refractivity contribution < 1.29 is 13.2 Å². The fourth-order valence-corrected chi connectivity index (χ4v) is 2.98. The summed E-state index contributed by atoms with van der Waals surface area (Å²) in [4.78, 5) is 8.39. The molecule has 0 unspecified atom stereocenters. The second-order valence-electron chi connectivity index (χ2n) is 5.79. The van der Waals surface area contributed by atoms with Crippen LogP contribution in [-0.2, 0) is 6.18 Å². The Hall–Kier alpha value is -2.65. The summed E-state index contributed by atoms with van der Waals surface area (Å²) in [6.45, 7) is 1.36. The third-order valence-corrected chi connectivity index (χ3v) is 4.18. The first kappa shape index (κ1) is 14.9. The number of piperidine rings is 1. The van der Waals surface area contributed by atoms with Crippen LogP contribution in [0.1, 0.15) is 30.3 Å². The molecule has 7 nitrogen and oxygen atoms in total. The van der Waals surface area contributed by atoms with E-state index in [2.05, 4.69) is 25.3 Å². The Bertz CT molecular complexity index is 853. The molecule has 1 saturated heterocycles. The van der Waals surface area contributed by atoms with Crippen LogP contribution in [0.15, 0.2) is 24.7 Å². The van der Waals surface area contributed by atoms with Crippen molar-refractivity contribution >= 4 is 11.5 Å². The Labute approximate surface area is 134 Å². The van der Waals surface area contributed by atoms with Crippen LogP contribution in [0.5, 0.6) is 0 Å². The number of nitrogens with zero attached hydrogens (tertiary/aromatic N) is 6. The third-order valence-electron chi connectivity index (χ3n) is 4.18. The molecule has 24 heavy (non-hydrogen) atoms. The molecule has 1 N–H and O–H groups in total. The molecule has 0 aromatic carbocycles. The van der Waals surface area contributed by atoms with Crippen molar-refractivity contribution in [3.8, 4) is 0 Å². The lowest BCUT2D eigenvalue weighted by molar-refractivity contribution is -0.141. The Morgan fingerprint density at radius 3 is 2.92 bits per heavy atom. The van der Waals surface area contributed by atoms with Crippen LogP contribution >= 0.6 is 0 Å². The molecule has 1 aliphatic heterocycles. The Morgan fingerprint density at radius 1 is 1.25 bits per heavy atom. The van der Waals surface area contributed by atoms with Gasteiger partial charge in [-0.3, -0.25) is 0 Å². The number of imidazole rings is 1. The summed E-state index contributed by atoms with van der Waals surface area (Å²) in [7, 11) is 0. The van der Waals surface area contributed by atoms with Crippen LogP contribution in [0.4, 0.5) is 19.0 Å². The fourth-order valence-electron chi connectivity index (χ4n) is 2.98. The smallest absolute Gasteiger partial charge is 0.354 e. The maximum Gasteiger partial charge on any atom is 0.432 e. The van der Waals surface area contributed by atoms with E-state index in [1.165, 1.54) is 6.33 Å². The number of hydrogen-bond donors (Lipinski definition) is 1. The highest BCUT2D eigenvalue weighted by molar-refractivity contribution is 5.45. The number of aromatic amines is 1. The Balaban J connectivity index is 1.56. The van der Waals surface area contributed by atoms with Crippen LogP contribution in [0.25, 0.3) is 5.65 Å². The number of hydrogen-bond acceptors (Lipinski definition) is 5. The number of anilines is 1.